The van der Waals surface area contributed by atoms with E-state index in [-0.39, 0.29) is 5.56 Å². The van der Waals surface area contributed by atoms with Crippen LogP contribution in [-0.2, 0) is 0 Å². The second-order valence-electron chi connectivity index (χ2n) is 3.80. The summed E-state index contributed by atoms with van der Waals surface area (Å²) in [5, 5.41) is 0. The number of nitrogens with zero attached hydrogens (tertiary/aromatic N) is 3. The van der Waals surface area contributed by atoms with Crippen LogP contribution in [-0.4, -0.2) is 19.4 Å². The van der Waals surface area contributed by atoms with E-state index in [2.05, 4.69) is 15.0 Å². The van der Waals surface area contributed by atoms with Crippen LogP contribution in [0.4, 0.5) is 0 Å². The molecule has 0 saturated carbocycles. The molecule has 0 aliphatic rings. The summed E-state index contributed by atoms with van der Waals surface area (Å²) in [6, 6.07) is 5.74. The molecule has 0 fully saturated rings. The fraction of sp³-hybridized carbons (Fsp3) is 0.182. The van der Waals surface area contributed by atoms with Crippen LogP contribution in [0.3, 0.4) is 0 Å². The minimum atomic E-state index is -0.189. The highest BCUT2D eigenvalue weighted by atomic mass is 16.1. The van der Waals surface area contributed by atoms with Gasteiger partial charge in [-0.2, -0.15) is 0 Å². The van der Waals surface area contributed by atoms with E-state index in [1.807, 2.05) is 29.5 Å². The molecule has 0 unspecified atom stereocenters. The molecule has 0 spiro atoms. The molecule has 3 heterocycles. The first-order chi connectivity index (χ1) is 7.66. The molecule has 3 rings (SSSR count). The number of H-pyrrole nitrogens is 1. The number of hydrogen-bond donors (Lipinski definition) is 1. The zero-order valence-corrected chi connectivity index (χ0v) is 8.98. The highest BCUT2D eigenvalue weighted by molar-refractivity contribution is 5.76. The van der Waals surface area contributed by atoms with Gasteiger partial charge in [-0.15, -0.1) is 0 Å². The van der Waals surface area contributed by atoms with Gasteiger partial charge in [-0.05, 0) is 26.0 Å². The third-order valence-corrected chi connectivity index (χ3v) is 2.60. The Balaban J connectivity index is 2.69. The van der Waals surface area contributed by atoms with E-state index in [4.69, 9.17) is 0 Å². The van der Waals surface area contributed by atoms with E-state index in [9.17, 15) is 4.79 Å². The SMILES string of the molecule is Cc1nc2c(nc3cccc(C)n32)c(=O)[nH]1. The average Bonchev–Trinajstić information content (AvgIpc) is 2.58. The number of fused-ring (bicyclic) bond motifs is 3. The van der Waals surface area contributed by atoms with E-state index in [0.29, 0.717) is 17.0 Å². The van der Waals surface area contributed by atoms with Crippen molar-refractivity contribution >= 4 is 16.8 Å². The number of pyridine rings is 1. The molecule has 1 N–H and O–H groups in total. The lowest BCUT2D eigenvalue weighted by atomic mass is 10.4. The molecule has 3 aromatic rings. The largest absolute Gasteiger partial charge is 0.309 e. The van der Waals surface area contributed by atoms with Crippen molar-refractivity contribution in [3.05, 3.63) is 40.1 Å². The van der Waals surface area contributed by atoms with Crippen LogP contribution < -0.4 is 5.56 Å². The van der Waals surface area contributed by atoms with Gasteiger partial charge in [0, 0.05) is 5.69 Å². The Morgan fingerprint density at radius 3 is 2.88 bits per heavy atom. The molecule has 0 amide bonds. The van der Waals surface area contributed by atoms with E-state index in [1.165, 1.54) is 0 Å². The molecule has 0 radical (unpaired) electrons. The predicted molar refractivity (Wildman–Crippen MR) is 60.6 cm³/mol. The maximum atomic E-state index is 11.7. The summed E-state index contributed by atoms with van der Waals surface area (Å²) in [5.74, 6) is 0.600. The van der Waals surface area contributed by atoms with Gasteiger partial charge in [0.05, 0.1) is 0 Å². The molecule has 0 atom stereocenters. The Morgan fingerprint density at radius 1 is 1.25 bits per heavy atom. The lowest BCUT2D eigenvalue weighted by Gasteiger charge is -1.99. The minimum absolute atomic E-state index is 0.189. The zero-order valence-electron chi connectivity index (χ0n) is 8.98. The number of imidazole rings is 1. The Bertz CT molecular complexity index is 754. The van der Waals surface area contributed by atoms with Crippen LogP contribution in [0.1, 0.15) is 11.5 Å². The molecule has 0 aromatic carbocycles. The molecule has 0 bridgehead atoms. The van der Waals surface area contributed by atoms with Crippen LogP contribution in [0.2, 0.25) is 0 Å². The molecular formula is C11H10N4O. The normalized spacial score (nSPS) is 11.4. The standard InChI is InChI=1S/C11H10N4O/c1-6-4-3-5-8-14-9-10(15(6)8)12-7(2)13-11(9)16/h3-5H,1-2H3,(H,12,13,16). The Labute approximate surface area is 90.8 Å². The van der Waals surface area contributed by atoms with Crippen LogP contribution in [0.15, 0.2) is 23.0 Å². The summed E-state index contributed by atoms with van der Waals surface area (Å²) in [5.41, 5.74) is 2.58. The lowest BCUT2D eigenvalue weighted by molar-refractivity contribution is 1.02. The molecule has 5 nitrogen and oxygen atoms in total. The minimum Gasteiger partial charge on any atom is -0.309 e. The summed E-state index contributed by atoms with van der Waals surface area (Å²) >= 11 is 0. The van der Waals surface area contributed by atoms with Crippen molar-refractivity contribution in [2.24, 2.45) is 0 Å². The summed E-state index contributed by atoms with van der Waals surface area (Å²) in [7, 11) is 0. The maximum Gasteiger partial charge on any atom is 0.279 e. The molecule has 0 aliphatic carbocycles. The van der Waals surface area contributed by atoms with E-state index >= 15 is 0 Å². The third-order valence-electron chi connectivity index (χ3n) is 2.60. The number of aromatic nitrogens is 4. The van der Waals surface area contributed by atoms with Crippen LogP contribution in [0, 0.1) is 13.8 Å². The molecular weight excluding hydrogens is 204 g/mol. The van der Waals surface area contributed by atoms with Gasteiger partial charge < -0.3 is 4.98 Å². The first-order valence-corrected chi connectivity index (χ1v) is 5.01. The Kier molecular flexibility index (Phi) is 1.65. The number of rotatable bonds is 0. The fourth-order valence-corrected chi connectivity index (χ4v) is 1.90. The zero-order chi connectivity index (χ0) is 11.3. The number of aromatic amines is 1. The van der Waals surface area contributed by atoms with Gasteiger partial charge >= 0.3 is 0 Å². The molecule has 0 aliphatic heterocycles. The predicted octanol–water partition coefficient (Wildman–Crippen LogP) is 1.19. The van der Waals surface area contributed by atoms with Crippen LogP contribution >= 0.6 is 0 Å². The molecule has 80 valence electrons. The number of nitrogens with one attached hydrogen (secondary N) is 1. The molecule has 0 saturated heterocycles. The second kappa shape index (κ2) is 2.91. The van der Waals surface area contributed by atoms with E-state index < -0.39 is 0 Å². The number of aryl methyl sites for hydroxylation is 2. The summed E-state index contributed by atoms with van der Waals surface area (Å²) < 4.78 is 1.89. The molecule has 5 heteroatoms. The molecule has 16 heavy (non-hydrogen) atoms. The van der Waals surface area contributed by atoms with Crippen molar-refractivity contribution in [2.75, 3.05) is 0 Å². The van der Waals surface area contributed by atoms with E-state index in [0.717, 1.165) is 11.3 Å². The molecule has 3 aromatic heterocycles. The number of hydrogen-bond acceptors (Lipinski definition) is 3. The van der Waals surface area contributed by atoms with Crippen molar-refractivity contribution in [1.29, 1.82) is 0 Å². The first-order valence-electron chi connectivity index (χ1n) is 5.01. The van der Waals surface area contributed by atoms with Gasteiger partial charge in [0.25, 0.3) is 5.56 Å². The Morgan fingerprint density at radius 2 is 2.06 bits per heavy atom. The van der Waals surface area contributed by atoms with Gasteiger partial charge in [-0.1, -0.05) is 6.07 Å². The lowest BCUT2D eigenvalue weighted by Crippen LogP contribution is -2.10. The first kappa shape index (κ1) is 9.08. The third kappa shape index (κ3) is 1.08. The van der Waals surface area contributed by atoms with E-state index in [1.54, 1.807) is 6.92 Å². The van der Waals surface area contributed by atoms with Gasteiger partial charge in [-0.25, -0.2) is 9.97 Å². The highest BCUT2D eigenvalue weighted by Gasteiger charge is 2.10. The van der Waals surface area contributed by atoms with Gasteiger partial charge in [0.2, 0.25) is 0 Å². The maximum absolute atomic E-state index is 11.7. The highest BCUT2D eigenvalue weighted by Crippen LogP contribution is 2.13. The summed E-state index contributed by atoms with van der Waals surface area (Å²) in [6.45, 7) is 3.73. The fourth-order valence-electron chi connectivity index (χ4n) is 1.90. The quantitative estimate of drug-likeness (QED) is 0.611. The van der Waals surface area contributed by atoms with Crippen molar-refractivity contribution in [1.82, 2.24) is 19.4 Å². The van der Waals surface area contributed by atoms with Crippen molar-refractivity contribution in [2.45, 2.75) is 13.8 Å². The topological polar surface area (TPSA) is 63.1 Å². The second-order valence-corrected chi connectivity index (χ2v) is 3.80. The van der Waals surface area contributed by atoms with Crippen LogP contribution in [0.25, 0.3) is 16.8 Å². The average molecular weight is 214 g/mol. The smallest absolute Gasteiger partial charge is 0.279 e. The Hall–Kier alpha value is -2.17. The monoisotopic (exact) mass is 214 g/mol. The summed E-state index contributed by atoms with van der Waals surface area (Å²) in [6.07, 6.45) is 0. The van der Waals surface area contributed by atoms with Gasteiger partial charge in [0.15, 0.2) is 11.2 Å². The van der Waals surface area contributed by atoms with Crippen molar-refractivity contribution < 1.29 is 0 Å². The van der Waals surface area contributed by atoms with Gasteiger partial charge in [0.1, 0.15) is 11.5 Å². The summed E-state index contributed by atoms with van der Waals surface area (Å²) in [4.78, 5) is 23.0. The van der Waals surface area contributed by atoms with Crippen LogP contribution in [0.5, 0.6) is 0 Å². The van der Waals surface area contributed by atoms with Crippen molar-refractivity contribution in [3.63, 3.8) is 0 Å². The van der Waals surface area contributed by atoms with Gasteiger partial charge in [-0.3, -0.25) is 9.20 Å². The van der Waals surface area contributed by atoms with Crippen molar-refractivity contribution in [3.8, 4) is 0 Å².